The number of hydrogen-bond donors (Lipinski definition) is 0. The zero-order chi connectivity index (χ0) is 20.7. The summed E-state index contributed by atoms with van der Waals surface area (Å²) in [5.41, 5.74) is 8.23. The van der Waals surface area contributed by atoms with Gasteiger partial charge in [0.25, 0.3) is 0 Å². The fraction of sp³-hybridized carbons (Fsp3) is 0.0769. The topological polar surface area (TPSA) is 30.7 Å². The standard InChI is InChI=1S/C26H20ClN3/c1-17-8-10-19(11-9-17)23-16-24(20-12-14-21(27)15-13-20)28-26-25(23)18(2)29-30(26)22-6-4-3-5-7-22/h3-16H,1-2H3. The summed E-state index contributed by atoms with van der Waals surface area (Å²) in [6.07, 6.45) is 0. The molecule has 0 aliphatic rings. The minimum Gasteiger partial charge on any atom is -0.228 e. The molecular weight excluding hydrogens is 390 g/mol. The molecule has 0 fully saturated rings. The van der Waals surface area contributed by atoms with Gasteiger partial charge in [0.1, 0.15) is 0 Å². The molecule has 0 atom stereocenters. The number of nitrogens with zero attached hydrogens (tertiary/aromatic N) is 3. The third-order valence-electron chi connectivity index (χ3n) is 5.32. The molecule has 0 saturated carbocycles. The van der Waals surface area contributed by atoms with Gasteiger partial charge in [-0.3, -0.25) is 0 Å². The Hall–Kier alpha value is -3.43. The number of aryl methyl sites for hydroxylation is 2. The van der Waals surface area contributed by atoms with E-state index in [9.17, 15) is 0 Å². The summed E-state index contributed by atoms with van der Waals surface area (Å²) in [4.78, 5) is 5.03. The molecule has 3 aromatic carbocycles. The Balaban J connectivity index is 1.83. The minimum atomic E-state index is 0.712. The van der Waals surface area contributed by atoms with E-state index < -0.39 is 0 Å². The number of rotatable bonds is 3. The second-order valence-electron chi connectivity index (χ2n) is 7.46. The Morgan fingerprint density at radius 2 is 1.43 bits per heavy atom. The van der Waals surface area contributed by atoms with Gasteiger partial charge in [-0.1, -0.05) is 71.8 Å². The lowest BCUT2D eigenvalue weighted by molar-refractivity contribution is 0.878. The van der Waals surface area contributed by atoms with Crippen molar-refractivity contribution in [2.75, 3.05) is 0 Å². The highest BCUT2D eigenvalue weighted by atomic mass is 35.5. The van der Waals surface area contributed by atoms with Crippen LogP contribution in [0.1, 0.15) is 11.3 Å². The number of aromatic nitrogens is 3. The van der Waals surface area contributed by atoms with E-state index in [1.807, 2.05) is 66.2 Å². The molecule has 0 saturated heterocycles. The molecule has 2 heterocycles. The van der Waals surface area contributed by atoms with Gasteiger partial charge >= 0.3 is 0 Å². The lowest BCUT2D eigenvalue weighted by atomic mass is 9.98. The summed E-state index contributed by atoms with van der Waals surface area (Å²) < 4.78 is 1.93. The average molecular weight is 410 g/mol. The Morgan fingerprint density at radius 1 is 0.767 bits per heavy atom. The quantitative estimate of drug-likeness (QED) is 0.320. The van der Waals surface area contributed by atoms with E-state index in [2.05, 4.69) is 37.3 Å². The molecule has 0 radical (unpaired) electrons. The molecule has 30 heavy (non-hydrogen) atoms. The van der Waals surface area contributed by atoms with E-state index in [1.54, 1.807) is 0 Å². The largest absolute Gasteiger partial charge is 0.228 e. The highest BCUT2D eigenvalue weighted by Crippen LogP contribution is 2.35. The van der Waals surface area contributed by atoms with Gasteiger partial charge in [0, 0.05) is 10.6 Å². The fourth-order valence-corrected chi connectivity index (χ4v) is 3.89. The van der Waals surface area contributed by atoms with Crippen molar-refractivity contribution >= 4 is 22.6 Å². The van der Waals surface area contributed by atoms with Crippen LogP contribution in [0.3, 0.4) is 0 Å². The van der Waals surface area contributed by atoms with Crippen molar-refractivity contribution in [3.8, 4) is 28.1 Å². The summed E-state index contributed by atoms with van der Waals surface area (Å²) in [7, 11) is 0. The molecule has 5 rings (SSSR count). The van der Waals surface area contributed by atoms with Crippen molar-refractivity contribution in [1.82, 2.24) is 14.8 Å². The van der Waals surface area contributed by atoms with Crippen molar-refractivity contribution in [3.05, 3.63) is 101 Å². The van der Waals surface area contributed by atoms with E-state index in [4.69, 9.17) is 21.7 Å². The summed E-state index contributed by atoms with van der Waals surface area (Å²) >= 11 is 6.11. The van der Waals surface area contributed by atoms with Crippen molar-refractivity contribution < 1.29 is 0 Å². The van der Waals surface area contributed by atoms with Crippen molar-refractivity contribution in [3.63, 3.8) is 0 Å². The number of para-hydroxylation sites is 1. The van der Waals surface area contributed by atoms with Crippen LogP contribution in [0, 0.1) is 13.8 Å². The smallest absolute Gasteiger partial charge is 0.164 e. The first-order valence-corrected chi connectivity index (χ1v) is 10.3. The molecule has 0 N–H and O–H groups in total. The maximum absolute atomic E-state index is 6.11. The Bertz CT molecular complexity index is 1340. The van der Waals surface area contributed by atoms with Crippen LogP contribution >= 0.6 is 11.6 Å². The monoisotopic (exact) mass is 409 g/mol. The first kappa shape index (κ1) is 18.6. The summed E-state index contributed by atoms with van der Waals surface area (Å²) in [6, 6.07) is 28.7. The summed E-state index contributed by atoms with van der Waals surface area (Å²) in [5, 5.41) is 6.63. The molecule has 0 unspecified atom stereocenters. The molecular formula is C26H20ClN3. The predicted molar refractivity (Wildman–Crippen MR) is 124 cm³/mol. The first-order valence-electron chi connectivity index (χ1n) is 9.89. The highest BCUT2D eigenvalue weighted by Gasteiger charge is 2.18. The summed E-state index contributed by atoms with van der Waals surface area (Å²) in [5.74, 6) is 0. The lowest BCUT2D eigenvalue weighted by Gasteiger charge is -2.10. The van der Waals surface area contributed by atoms with Crippen LogP contribution in [0.4, 0.5) is 0 Å². The van der Waals surface area contributed by atoms with Gasteiger partial charge in [-0.15, -0.1) is 0 Å². The normalized spacial score (nSPS) is 11.2. The first-order chi connectivity index (χ1) is 14.6. The van der Waals surface area contributed by atoms with Gasteiger partial charge in [0.2, 0.25) is 0 Å². The van der Waals surface area contributed by atoms with Crippen LogP contribution in [-0.2, 0) is 0 Å². The van der Waals surface area contributed by atoms with E-state index in [0.717, 1.165) is 44.8 Å². The zero-order valence-corrected chi connectivity index (χ0v) is 17.6. The van der Waals surface area contributed by atoms with E-state index in [0.29, 0.717) is 5.02 Å². The van der Waals surface area contributed by atoms with Crippen molar-refractivity contribution in [2.45, 2.75) is 13.8 Å². The number of hydrogen-bond acceptors (Lipinski definition) is 2. The molecule has 0 bridgehead atoms. The van der Waals surface area contributed by atoms with Crippen LogP contribution in [0.5, 0.6) is 0 Å². The Labute approximate surface area is 180 Å². The van der Waals surface area contributed by atoms with Gasteiger partial charge < -0.3 is 0 Å². The van der Waals surface area contributed by atoms with Crippen LogP contribution in [0.25, 0.3) is 39.1 Å². The number of pyridine rings is 1. The molecule has 4 heteroatoms. The Morgan fingerprint density at radius 3 is 2.13 bits per heavy atom. The van der Waals surface area contributed by atoms with E-state index >= 15 is 0 Å². The molecule has 0 aliphatic carbocycles. The van der Waals surface area contributed by atoms with Crippen LogP contribution < -0.4 is 0 Å². The maximum Gasteiger partial charge on any atom is 0.164 e. The maximum atomic E-state index is 6.11. The molecule has 0 amide bonds. The molecule has 5 aromatic rings. The van der Waals surface area contributed by atoms with Gasteiger partial charge in [0.05, 0.1) is 22.5 Å². The average Bonchev–Trinajstić information content (AvgIpc) is 3.11. The number of fused-ring (bicyclic) bond motifs is 1. The van der Waals surface area contributed by atoms with Crippen LogP contribution in [-0.4, -0.2) is 14.8 Å². The van der Waals surface area contributed by atoms with Gasteiger partial charge in [-0.25, -0.2) is 9.67 Å². The van der Waals surface area contributed by atoms with Gasteiger partial charge in [-0.2, -0.15) is 5.10 Å². The molecule has 3 nitrogen and oxygen atoms in total. The second kappa shape index (κ2) is 7.43. The Kier molecular flexibility index (Phi) is 4.61. The second-order valence-corrected chi connectivity index (χ2v) is 7.90. The third kappa shape index (κ3) is 3.27. The highest BCUT2D eigenvalue weighted by molar-refractivity contribution is 6.30. The predicted octanol–water partition coefficient (Wildman–Crippen LogP) is 7.02. The SMILES string of the molecule is Cc1ccc(-c2cc(-c3ccc(Cl)cc3)nc3c2c(C)nn3-c2ccccc2)cc1. The zero-order valence-electron chi connectivity index (χ0n) is 16.8. The third-order valence-corrected chi connectivity index (χ3v) is 5.57. The summed E-state index contributed by atoms with van der Waals surface area (Å²) in [6.45, 7) is 4.15. The van der Waals surface area contributed by atoms with Crippen LogP contribution in [0.15, 0.2) is 84.9 Å². The molecule has 146 valence electrons. The minimum absolute atomic E-state index is 0.712. The van der Waals surface area contributed by atoms with Crippen LogP contribution in [0.2, 0.25) is 5.02 Å². The molecule has 0 aliphatic heterocycles. The van der Waals surface area contributed by atoms with Gasteiger partial charge in [-0.05, 0) is 55.3 Å². The van der Waals surface area contributed by atoms with E-state index in [1.165, 1.54) is 5.56 Å². The molecule has 2 aromatic heterocycles. The van der Waals surface area contributed by atoms with Gasteiger partial charge in [0.15, 0.2) is 5.65 Å². The van der Waals surface area contributed by atoms with E-state index in [-0.39, 0.29) is 0 Å². The number of benzene rings is 3. The van der Waals surface area contributed by atoms with Crippen molar-refractivity contribution in [2.24, 2.45) is 0 Å². The molecule has 0 spiro atoms. The van der Waals surface area contributed by atoms with Crippen molar-refractivity contribution in [1.29, 1.82) is 0 Å². The number of halogens is 1. The lowest BCUT2D eigenvalue weighted by Crippen LogP contribution is -1.98. The fourth-order valence-electron chi connectivity index (χ4n) is 3.77.